The third-order valence-corrected chi connectivity index (χ3v) is 4.54. The molecule has 0 aliphatic rings. The van der Waals surface area contributed by atoms with Gasteiger partial charge in [0.15, 0.2) is 0 Å². The van der Waals surface area contributed by atoms with Gasteiger partial charge in [0.1, 0.15) is 5.82 Å². The van der Waals surface area contributed by atoms with Gasteiger partial charge in [0.2, 0.25) is 0 Å². The Bertz CT molecular complexity index is 1010. The summed E-state index contributed by atoms with van der Waals surface area (Å²) in [7, 11) is 0. The highest BCUT2D eigenvalue weighted by Gasteiger charge is 2.20. The predicted octanol–water partition coefficient (Wildman–Crippen LogP) is 5.04. The number of aromatic nitrogens is 2. The van der Waals surface area contributed by atoms with Crippen LogP contribution in [0.15, 0.2) is 54.9 Å². The second-order valence-corrected chi connectivity index (χ2v) is 6.78. The molecule has 0 saturated heterocycles. The average molecular weight is 414 g/mol. The Labute approximate surface area is 172 Å². The zero-order valence-electron chi connectivity index (χ0n) is 15.0. The van der Waals surface area contributed by atoms with Crippen molar-refractivity contribution in [3.63, 3.8) is 0 Å². The van der Waals surface area contributed by atoms with Crippen LogP contribution in [-0.2, 0) is 6.54 Å². The van der Waals surface area contributed by atoms with Gasteiger partial charge in [-0.15, -0.1) is 0 Å². The van der Waals surface area contributed by atoms with E-state index in [1.807, 2.05) is 18.2 Å². The third-order valence-electron chi connectivity index (χ3n) is 3.90. The number of halogens is 2. The molecule has 0 fully saturated rings. The van der Waals surface area contributed by atoms with Crippen LogP contribution in [0.4, 0.5) is 11.5 Å². The maximum Gasteiger partial charge on any atom is 0.258 e. The van der Waals surface area contributed by atoms with Gasteiger partial charge in [0.25, 0.3) is 5.91 Å². The van der Waals surface area contributed by atoms with Gasteiger partial charge in [-0.1, -0.05) is 29.3 Å². The summed E-state index contributed by atoms with van der Waals surface area (Å²) >= 11 is 12.3. The molecule has 0 bridgehead atoms. The Kier molecular flexibility index (Phi) is 6.23. The van der Waals surface area contributed by atoms with Crippen molar-refractivity contribution in [2.24, 2.45) is 0 Å². The minimum absolute atomic E-state index is 0.164. The van der Waals surface area contributed by atoms with Gasteiger partial charge in [0, 0.05) is 28.8 Å². The molecule has 2 heterocycles. The fourth-order valence-electron chi connectivity index (χ4n) is 2.53. The van der Waals surface area contributed by atoms with E-state index in [0.717, 1.165) is 5.69 Å². The highest BCUT2D eigenvalue weighted by molar-refractivity contribution is 6.38. The zero-order chi connectivity index (χ0) is 20.1. The van der Waals surface area contributed by atoms with Crippen LogP contribution in [0.5, 0.6) is 0 Å². The average Bonchev–Trinajstić information content (AvgIpc) is 2.68. The number of carbonyl (C=O) groups excluding carboxylic acids is 1. The summed E-state index contributed by atoms with van der Waals surface area (Å²) < 4.78 is 0. The van der Waals surface area contributed by atoms with Crippen LogP contribution < -0.4 is 10.6 Å². The normalized spacial score (nSPS) is 10.4. The lowest BCUT2D eigenvalue weighted by atomic mass is 10.1. The van der Waals surface area contributed by atoms with Crippen molar-refractivity contribution in [3.05, 3.63) is 81.7 Å². The molecule has 1 aromatic carbocycles. The van der Waals surface area contributed by atoms with Gasteiger partial charge in [-0.3, -0.25) is 9.78 Å². The second kappa shape index (κ2) is 8.82. The van der Waals surface area contributed by atoms with E-state index in [1.165, 1.54) is 6.20 Å². The number of hydrogen-bond acceptors (Lipinski definition) is 5. The maximum atomic E-state index is 12.6. The van der Waals surface area contributed by atoms with E-state index >= 15 is 0 Å². The molecule has 1 amide bonds. The van der Waals surface area contributed by atoms with Gasteiger partial charge in [-0.25, -0.2) is 4.98 Å². The first kappa shape index (κ1) is 19.8. The largest absolute Gasteiger partial charge is 0.364 e. The van der Waals surface area contributed by atoms with Crippen LogP contribution in [0.3, 0.4) is 0 Å². The third kappa shape index (κ3) is 4.65. The minimum Gasteiger partial charge on any atom is -0.364 e. The molecular formula is C20H17Cl2N5O. The predicted molar refractivity (Wildman–Crippen MR) is 113 cm³/mol. The fraction of sp³-hybridized carbons (Fsp3) is 0.100. The maximum absolute atomic E-state index is 12.6. The van der Waals surface area contributed by atoms with E-state index in [2.05, 4.69) is 20.6 Å². The van der Waals surface area contributed by atoms with E-state index < -0.39 is 5.91 Å². The van der Waals surface area contributed by atoms with E-state index in [9.17, 15) is 4.79 Å². The highest BCUT2D eigenvalue weighted by Crippen LogP contribution is 2.28. The molecule has 0 saturated carbocycles. The molecule has 0 spiro atoms. The molecule has 0 radical (unpaired) electrons. The van der Waals surface area contributed by atoms with Crippen molar-refractivity contribution >= 4 is 46.3 Å². The zero-order valence-corrected chi connectivity index (χ0v) is 16.5. The SMILES string of the molecule is CC(=N)c1c(NCc2ccccn2)ncc(C(=O)Nc2ccc(Cl)cc2)c1Cl. The molecule has 0 atom stereocenters. The topological polar surface area (TPSA) is 90.8 Å². The lowest BCUT2D eigenvalue weighted by Gasteiger charge is -2.14. The number of pyridine rings is 2. The molecule has 142 valence electrons. The van der Waals surface area contributed by atoms with Crippen LogP contribution in [0.1, 0.15) is 28.5 Å². The number of hydrogen-bond donors (Lipinski definition) is 3. The van der Waals surface area contributed by atoms with Gasteiger partial charge < -0.3 is 16.0 Å². The van der Waals surface area contributed by atoms with Crippen LogP contribution in [0, 0.1) is 5.41 Å². The van der Waals surface area contributed by atoms with Crippen LogP contribution in [-0.4, -0.2) is 21.6 Å². The monoisotopic (exact) mass is 413 g/mol. The quantitative estimate of drug-likeness (QED) is 0.493. The summed E-state index contributed by atoms with van der Waals surface area (Å²) in [5.74, 6) is 0.00444. The Morgan fingerprint density at radius 3 is 2.50 bits per heavy atom. The van der Waals surface area contributed by atoms with E-state index in [-0.39, 0.29) is 16.3 Å². The number of carbonyl (C=O) groups is 1. The van der Waals surface area contributed by atoms with Crippen LogP contribution >= 0.6 is 23.2 Å². The number of anilines is 2. The fourth-order valence-corrected chi connectivity index (χ4v) is 3.02. The van der Waals surface area contributed by atoms with Crippen LogP contribution in [0.2, 0.25) is 10.0 Å². The Hall–Kier alpha value is -2.96. The smallest absolute Gasteiger partial charge is 0.258 e. The van der Waals surface area contributed by atoms with Crippen molar-refractivity contribution in [3.8, 4) is 0 Å². The number of rotatable bonds is 6. The van der Waals surface area contributed by atoms with Gasteiger partial charge in [0.05, 0.1) is 28.4 Å². The first-order chi connectivity index (χ1) is 13.5. The molecule has 6 nitrogen and oxygen atoms in total. The standard InChI is InChI=1S/C20H17Cl2N5O/c1-12(23)17-18(22)16(20(28)27-14-7-5-13(21)6-8-14)11-26-19(17)25-10-15-4-2-3-9-24-15/h2-9,11,23H,10H2,1H3,(H,25,26)(H,27,28). The molecule has 28 heavy (non-hydrogen) atoms. The summed E-state index contributed by atoms with van der Waals surface area (Å²) in [4.78, 5) is 21.2. The summed E-state index contributed by atoms with van der Waals surface area (Å²) in [6.45, 7) is 2.01. The number of benzene rings is 1. The first-order valence-corrected chi connectivity index (χ1v) is 9.16. The lowest BCUT2D eigenvalue weighted by Crippen LogP contribution is -2.16. The van der Waals surface area contributed by atoms with Crippen molar-refractivity contribution in [2.75, 3.05) is 10.6 Å². The first-order valence-electron chi connectivity index (χ1n) is 8.40. The van der Waals surface area contributed by atoms with Gasteiger partial charge in [-0.05, 0) is 43.3 Å². The molecule has 3 N–H and O–H groups in total. The van der Waals surface area contributed by atoms with Gasteiger partial charge in [-0.2, -0.15) is 0 Å². The van der Waals surface area contributed by atoms with E-state index in [4.69, 9.17) is 28.6 Å². The summed E-state index contributed by atoms with van der Waals surface area (Å²) in [6, 6.07) is 12.3. The van der Waals surface area contributed by atoms with Crippen LogP contribution in [0.25, 0.3) is 0 Å². The molecule has 0 aliphatic carbocycles. The highest BCUT2D eigenvalue weighted by atomic mass is 35.5. The minimum atomic E-state index is -0.418. The summed E-state index contributed by atoms with van der Waals surface area (Å²) in [6.07, 6.45) is 3.09. The summed E-state index contributed by atoms with van der Waals surface area (Å²) in [5.41, 5.74) is 2.15. The Morgan fingerprint density at radius 2 is 1.86 bits per heavy atom. The molecule has 8 heteroatoms. The summed E-state index contributed by atoms with van der Waals surface area (Å²) in [5, 5.41) is 14.7. The number of amides is 1. The number of nitrogens with zero attached hydrogens (tertiary/aromatic N) is 2. The molecule has 0 aliphatic heterocycles. The molecule has 0 unspecified atom stereocenters. The Balaban J connectivity index is 1.85. The van der Waals surface area contributed by atoms with Crippen molar-refractivity contribution in [1.29, 1.82) is 5.41 Å². The number of nitrogens with one attached hydrogen (secondary N) is 3. The van der Waals surface area contributed by atoms with E-state index in [1.54, 1.807) is 37.4 Å². The second-order valence-electron chi connectivity index (χ2n) is 5.97. The molecule has 3 rings (SSSR count). The van der Waals surface area contributed by atoms with Crippen molar-refractivity contribution < 1.29 is 4.79 Å². The lowest BCUT2D eigenvalue weighted by molar-refractivity contribution is 0.102. The van der Waals surface area contributed by atoms with Gasteiger partial charge >= 0.3 is 0 Å². The Morgan fingerprint density at radius 1 is 1.11 bits per heavy atom. The molecule has 3 aromatic rings. The molecule has 2 aromatic heterocycles. The van der Waals surface area contributed by atoms with Crippen molar-refractivity contribution in [2.45, 2.75) is 13.5 Å². The van der Waals surface area contributed by atoms with E-state index in [0.29, 0.717) is 28.6 Å². The molecular weight excluding hydrogens is 397 g/mol. The van der Waals surface area contributed by atoms with Crippen molar-refractivity contribution in [1.82, 2.24) is 9.97 Å².